The van der Waals surface area contributed by atoms with E-state index in [-0.39, 0.29) is 11.7 Å². The number of ketones is 1. The molecule has 6 nitrogen and oxygen atoms in total. The summed E-state index contributed by atoms with van der Waals surface area (Å²) in [5.41, 5.74) is 3.91. The maximum Gasteiger partial charge on any atom is 0.231 e. The predicted molar refractivity (Wildman–Crippen MR) is 152 cm³/mol. The van der Waals surface area contributed by atoms with Crippen LogP contribution in [0.15, 0.2) is 101 Å². The lowest BCUT2D eigenvalue weighted by atomic mass is 10.0. The van der Waals surface area contributed by atoms with Crippen molar-refractivity contribution in [2.45, 2.75) is 20.0 Å². The van der Waals surface area contributed by atoms with Crippen molar-refractivity contribution in [1.29, 1.82) is 0 Å². The average molecular weight is 520 g/mol. The molecule has 0 saturated heterocycles. The Hall–Kier alpha value is -4.84. The summed E-state index contributed by atoms with van der Waals surface area (Å²) < 4.78 is 23.3. The summed E-state index contributed by atoms with van der Waals surface area (Å²) in [6.45, 7) is 3.08. The third kappa shape index (κ3) is 6.18. The summed E-state index contributed by atoms with van der Waals surface area (Å²) in [6, 6.07) is 30.0. The van der Waals surface area contributed by atoms with Gasteiger partial charge in [-0.25, -0.2) is 4.98 Å². The van der Waals surface area contributed by atoms with E-state index in [1.807, 2.05) is 79.7 Å². The van der Waals surface area contributed by atoms with Gasteiger partial charge in [0.15, 0.2) is 22.9 Å². The zero-order chi connectivity index (χ0) is 27.0. The number of carbonyl (C=O) groups excluding carboxylic acids is 1. The number of methoxy groups -OCH3 is 1. The number of fused-ring (bicyclic) bond motifs is 1. The maximum absolute atomic E-state index is 13.8. The Morgan fingerprint density at radius 3 is 2.38 bits per heavy atom. The SMILES string of the molecule is CCCOc1ccc(C(=O)/C(=C/c2ccc(OCc3ccccc3)c(OC)c2)c2nc3ccccc3o2)cc1. The van der Waals surface area contributed by atoms with Gasteiger partial charge in [0, 0.05) is 5.56 Å². The molecule has 5 aromatic rings. The highest BCUT2D eigenvalue weighted by atomic mass is 16.5. The van der Waals surface area contributed by atoms with Crippen LogP contribution in [0.3, 0.4) is 0 Å². The second-order valence-corrected chi connectivity index (χ2v) is 8.93. The first-order chi connectivity index (χ1) is 19.1. The normalized spacial score (nSPS) is 11.4. The molecule has 5 rings (SSSR count). The molecule has 0 amide bonds. The lowest BCUT2D eigenvalue weighted by Crippen LogP contribution is -2.04. The molecule has 196 valence electrons. The van der Waals surface area contributed by atoms with Crippen LogP contribution in [-0.2, 0) is 6.61 Å². The van der Waals surface area contributed by atoms with E-state index in [2.05, 4.69) is 4.98 Å². The monoisotopic (exact) mass is 519 g/mol. The van der Waals surface area contributed by atoms with Gasteiger partial charge in [-0.2, -0.15) is 0 Å². The van der Waals surface area contributed by atoms with Crippen molar-refractivity contribution >= 4 is 28.5 Å². The molecule has 0 aliphatic heterocycles. The number of hydrogen-bond donors (Lipinski definition) is 0. The van der Waals surface area contributed by atoms with Gasteiger partial charge in [0.05, 0.1) is 19.3 Å². The second kappa shape index (κ2) is 12.1. The van der Waals surface area contributed by atoms with Crippen LogP contribution in [0.4, 0.5) is 0 Å². The van der Waals surface area contributed by atoms with Crippen LogP contribution in [-0.4, -0.2) is 24.5 Å². The van der Waals surface area contributed by atoms with Crippen LogP contribution in [0.25, 0.3) is 22.7 Å². The summed E-state index contributed by atoms with van der Waals surface area (Å²) in [7, 11) is 1.59. The first-order valence-electron chi connectivity index (χ1n) is 12.8. The van der Waals surface area contributed by atoms with E-state index in [0.717, 1.165) is 23.3 Å². The Bertz CT molecular complexity index is 1550. The van der Waals surface area contributed by atoms with Crippen molar-refractivity contribution < 1.29 is 23.4 Å². The van der Waals surface area contributed by atoms with Crippen LogP contribution in [0.5, 0.6) is 17.2 Å². The van der Waals surface area contributed by atoms with Gasteiger partial charge in [0.1, 0.15) is 17.9 Å². The molecule has 0 fully saturated rings. The zero-order valence-corrected chi connectivity index (χ0v) is 21.9. The summed E-state index contributed by atoms with van der Waals surface area (Å²) in [6.07, 6.45) is 2.67. The maximum atomic E-state index is 13.8. The van der Waals surface area contributed by atoms with Gasteiger partial charge >= 0.3 is 0 Å². The Kier molecular flexibility index (Phi) is 8.03. The lowest BCUT2D eigenvalue weighted by Gasteiger charge is -2.12. The molecule has 0 spiro atoms. The van der Waals surface area contributed by atoms with E-state index >= 15 is 0 Å². The van der Waals surface area contributed by atoms with E-state index in [9.17, 15) is 4.79 Å². The summed E-state index contributed by atoms with van der Waals surface area (Å²) in [4.78, 5) is 18.4. The van der Waals surface area contributed by atoms with Crippen LogP contribution < -0.4 is 14.2 Å². The minimum atomic E-state index is -0.216. The van der Waals surface area contributed by atoms with Gasteiger partial charge in [-0.05, 0) is 72.2 Å². The van der Waals surface area contributed by atoms with Crippen LogP contribution in [0.1, 0.15) is 40.7 Å². The molecule has 0 aliphatic carbocycles. The van der Waals surface area contributed by atoms with Crippen LogP contribution in [0, 0.1) is 0 Å². The molecule has 6 heteroatoms. The number of aromatic nitrogens is 1. The number of oxazole rings is 1. The molecule has 0 N–H and O–H groups in total. The van der Waals surface area contributed by atoms with E-state index < -0.39 is 0 Å². The molecule has 0 radical (unpaired) electrons. The molecule has 39 heavy (non-hydrogen) atoms. The van der Waals surface area contributed by atoms with Crippen molar-refractivity contribution in [3.63, 3.8) is 0 Å². The fraction of sp³-hybridized carbons (Fsp3) is 0.152. The Balaban J connectivity index is 1.48. The standard InChI is InChI=1S/C33H29NO5/c1-3-19-37-26-16-14-25(15-17-26)32(35)27(33-34-28-11-7-8-12-29(28)39-33)20-24-13-18-30(31(21-24)36-2)38-22-23-9-5-4-6-10-23/h4-18,20-21H,3,19,22H2,1-2H3/b27-20-. The molecular formula is C33H29NO5. The van der Waals surface area contributed by atoms with Gasteiger partial charge in [-0.1, -0.05) is 55.5 Å². The number of Topliss-reactive ketones (excluding diaryl/α,β-unsaturated/α-hetero) is 1. The van der Waals surface area contributed by atoms with E-state index in [0.29, 0.717) is 46.9 Å². The van der Waals surface area contributed by atoms with Gasteiger partial charge < -0.3 is 18.6 Å². The fourth-order valence-corrected chi connectivity index (χ4v) is 4.08. The third-order valence-corrected chi connectivity index (χ3v) is 6.09. The van der Waals surface area contributed by atoms with Crippen molar-refractivity contribution in [2.24, 2.45) is 0 Å². The van der Waals surface area contributed by atoms with Crippen LogP contribution in [0.2, 0.25) is 0 Å². The van der Waals surface area contributed by atoms with Crippen molar-refractivity contribution in [3.05, 3.63) is 120 Å². The van der Waals surface area contributed by atoms with Gasteiger partial charge in [0.25, 0.3) is 0 Å². The van der Waals surface area contributed by atoms with Crippen molar-refractivity contribution in [1.82, 2.24) is 4.98 Å². The number of rotatable bonds is 11. The zero-order valence-electron chi connectivity index (χ0n) is 21.9. The van der Waals surface area contributed by atoms with E-state index in [1.165, 1.54) is 0 Å². The highest BCUT2D eigenvalue weighted by Gasteiger charge is 2.21. The molecule has 0 saturated carbocycles. The average Bonchev–Trinajstić information content (AvgIpc) is 3.42. The topological polar surface area (TPSA) is 70.8 Å². The van der Waals surface area contributed by atoms with E-state index in [4.69, 9.17) is 18.6 Å². The Morgan fingerprint density at radius 1 is 0.872 bits per heavy atom. The first kappa shape index (κ1) is 25.8. The van der Waals surface area contributed by atoms with Crippen molar-refractivity contribution in [2.75, 3.05) is 13.7 Å². The highest BCUT2D eigenvalue weighted by molar-refractivity contribution is 6.31. The molecular weight excluding hydrogens is 490 g/mol. The van der Waals surface area contributed by atoms with Crippen LogP contribution >= 0.6 is 0 Å². The number of benzene rings is 4. The quantitative estimate of drug-likeness (QED) is 0.132. The fourth-order valence-electron chi connectivity index (χ4n) is 4.08. The molecule has 1 aromatic heterocycles. The van der Waals surface area contributed by atoms with Gasteiger partial charge in [-0.3, -0.25) is 4.79 Å². The smallest absolute Gasteiger partial charge is 0.231 e. The Morgan fingerprint density at radius 2 is 1.64 bits per heavy atom. The summed E-state index contributed by atoms with van der Waals surface area (Å²) >= 11 is 0. The summed E-state index contributed by atoms with van der Waals surface area (Å²) in [5, 5.41) is 0. The first-order valence-corrected chi connectivity index (χ1v) is 12.8. The van der Waals surface area contributed by atoms with Gasteiger partial charge in [0.2, 0.25) is 5.89 Å². The molecule has 0 bridgehead atoms. The largest absolute Gasteiger partial charge is 0.494 e. The molecule has 0 aliphatic rings. The molecule has 1 heterocycles. The summed E-state index contributed by atoms with van der Waals surface area (Å²) in [5.74, 6) is 1.91. The third-order valence-electron chi connectivity index (χ3n) is 6.09. The second-order valence-electron chi connectivity index (χ2n) is 8.93. The number of carbonyl (C=O) groups is 1. The predicted octanol–water partition coefficient (Wildman–Crippen LogP) is 7.63. The van der Waals surface area contributed by atoms with Crippen molar-refractivity contribution in [3.8, 4) is 17.2 Å². The Labute approximate surface area is 227 Å². The minimum Gasteiger partial charge on any atom is -0.494 e. The number of ether oxygens (including phenoxy) is 3. The lowest BCUT2D eigenvalue weighted by molar-refractivity contribution is 0.105. The molecule has 0 unspecified atom stereocenters. The number of nitrogens with zero attached hydrogens (tertiary/aromatic N) is 1. The van der Waals surface area contributed by atoms with Gasteiger partial charge in [-0.15, -0.1) is 0 Å². The number of para-hydroxylation sites is 2. The molecule has 4 aromatic carbocycles. The minimum absolute atomic E-state index is 0.216. The molecule has 0 atom stereocenters. The number of hydrogen-bond acceptors (Lipinski definition) is 6. The number of allylic oxidation sites excluding steroid dienone is 1. The highest BCUT2D eigenvalue weighted by Crippen LogP contribution is 2.32. The van der Waals surface area contributed by atoms with E-state index in [1.54, 1.807) is 37.5 Å².